The number of hydrogen-bond acceptors (Lipinski definition) is 4. The van der Waals surface area contributed by atoms with Crippen molar-refractivity contribution in [2.24, 2.45) is 0 Å². The van der Waals surface area contributed by atoms with E-state index in [-0.39, 0.29) is 77.2 Å². The second-order valence-electron chi connectivity index (χ2n) is 6.07. The zero-order valence-corrected chi connectivity index (χ0v) is 15.6. The molecule has 1 N–H and O–H groups in total. The van der Waals surface area contributed by atoms with Crippen LogP contribution in [0.1, 0.15) is 0 Å². The molecular formula is C15HB9ClN3O. The van der Waals surface area contributed by atoms with Gasteiger partial charge in [-0.25, -0.2) is 4.98 Å². The van der Waals surface area contributed by atoms with Crippen LogP contribution >= 0.6 is 11.6 Å². The van der Waals surface area contributed by atoms with E-state index in [0.29, 0.717) is 0 Å². The van der Waals surface area contributed by atoms with E-state index in [0.717, 1.165) is 0 Å². The van der Waals surface area contributed by atoms with E-state index >= 15 is 0 Å². The molecule has 3 rings (SSSR count). The lowest BCUT2D eigenvalue weighted by Gasteiger charge is -2.21. The van der Waals surface area contributed by atoms with Gasteiger partial charge in [0.25, 0.3) is 0 Å². The monoisotopic (exact) mass is 373 g/mol. The summed E-state index contributed by atoms with van der Waals surface area (Å²) in [6.07, 6.45) is 0. The number of aromatic hydroxyl groups is 1. The molecule has 1 heterocycles. The molecule has 0 fully saturated rings. The Hall–Kier alpha value is -1.88. The zero-order chi connectivity index (χ0) is 21.8. The molecule has 0 aliphatic rings. The second-order valence-corrected chi connectivity index (χ2v) is 6.41. The van der Waals surface area contributed by atoms with Crippen LogP contribution in [0.4, 0.5) is 0 Å². The molecule has 4 nitrogen and oxygen atoms in total. The lowest BCUT2D eigenvalue weighted by Crippen LogP contribution is -2.55. The van der Waals surface area contributed by atoms with Crippen LogP contribution in [-0.4, -0.2) is 90.7 Å². The minimum Gasteiger partial charge on any atom is -0.508 e. The Kier molecular flexibility index (Phi) is 5.83. The third kappa shape index (κ3) is 3.48. The molecule has 14 heteroatoms. The molecule has 0 unspecified atom stereocenters. The summed E-state index contributed by atoms with van der Waals surface area (Å²) in [5, 5.41) is 10.2. The molecule has 1 aromatic heterocycles. The first-order chi connectivity index (χ1) is 13.5. The van der Waals surface area contributed by atoms with E-state index in [1.807, 2.05) is 0 Å². The Morgan fingerprint density at radius 2 is 0.828 bits per heavy atom. The van der Waals surface area contributed by atoms with Crippen LogP contribution < -0.4 is 49.2 Å². The topological polar surface area (TPSA) is 58.9 Å². The third-order valence-electron chi connectivity index (χ3n) is 4.39. The first kappa shape index (κ1) is 21.8. The van der Waals surface area contributed by atoms with Crippen molar-refractivity contribution in [3.05, 3.63) is 5.28 Å². The van der Waals surface area contributed by atoms with Gasteiger partial charge in [0.1, 0.15) is 76.4 Å². The third-order valence-corrected chi connectivity index (χ3v) is 4.56. The van der Waals surface area contributed by atoms with Crippen molar-refractivity contribution in [3.63, 3.8) is 0 Å². The Bertz CT molecular complexity index is 1040. The van der Waals surface area contributed by atoms with Gasteiger partial charge in [-0.15, -0.1) is 27.3 Å². The molecule has 0 aliphatic heterocycles. The molecule has 0 spiro atoms. The molecule has 2 aromatic carbocycles. The van der Waals surface area contributed by atoms with Crippen LogP contribution in [0, 0.1) is 0 Å². The summed E-state index contributed by atoms with van der Waals surface area (Å²) in [6, 6.07) is 0. The van der Waals surface area contributed by atoms with Crippen LogP contribution in [-0.2, 0) is 0 Å². The van der Waals surface area contributed by atoms with E-state index in [1.54, 1.807) is 0 Å². The summed E-state index contributed by atoms with van der Waals surface area (Å²) in [6.45, 7) is 0. The highest BCUT2D eigenvalue weighted by Crippen LogP contribution is 2.23. The number of halogens is 1. The number of phenols is 1. The second kappa shape index (κ2) is 7.75. The van der Waals surface area contributed by atoms with Gasteiger partial charge in [0.15, 0.2) is 11.6 Å². The summed E-state index contributed by atoms with van der Waals surface area (Å²) in [5.74, 6) is -0.748. The molecule has 3 aromatic rings. The minimum absolute atomic E-state index is 0.00637. The normalized spacial score (nSPS) is 10.9. The number of nitrogens with zero attached hydrogens (tertiary/aromatic N) is 3. The predicted molar refractivity (Wildman–Crippen MR) is 126 cm³/mol. The van der Waals surface area contributed by atoms with Gasteiger partial charge in [0, 0.05) is 5.56 Å². The molecule has 0 atom stereocenters. The standard InChI is InChI=1S/C15HB9ClN3O/c16-3-1(4(17)7(20)9(22)6(3)19)13-26-14(28-15(25)27-13)2-5(18)8(21)10(23)11(24)12(2)29/h29H. The van der Waals surface area contributed by atoms with E-state index in [2.05, 4.69) is 15.0 Å². The van der Waals surface area contributed by atoms with E-state index in [1.165, 1.54) is 0 Å². The summed E-state index contributed by atoms with van der Waals surface area (Å²) in [5.41, 5.74) is -0.518. The quantitative estimate of drug-likeness (QED) is 0.455. The molecule has 0 saturated heterocycles. The fourth-order valence-electron chi connectivity index (χ4n) is 2.71. The lowest BCUT2D eigenvalue weighted by molar-refractivity contribution is 0.482. The minimum atomic E-state index is -0.486. The Balaban J connectivity index is 2.37. The van der Waals surface area contributed by atoms with Gasteiger partial charge < -0.3 is 5.11 Å². The van der Waals surface area contributed by atoms with Gasteiger partial charge >= 0.3 is 0 Å². The van der Waals surface area contributed by atoms with E-state index in [4.69, 9.17) is 82.2 Å². The van der Waals surface area contributed by atoms with Gasteiger partial charge in [0.05, 0.1) is 5.56 Å². The van der Waals surface area contributed by atoms with Gasteiger partial charge in [-0.3, -0.25) is 0 Å². The largest absolute Gasteiger partial charge is 0.508 e. The number of hydrogen-bond donors (Lipinski definition) is 1. The predicted octanol–water partition coefficient (Wildman–Crippen LogP) is -7.29. The van der Waals surface area contributed by atoms with Crippen molar-refractivity contribution in [3.8, 4) is 28.5 Å². The maximum Gasteiger partial charge on any atom is 0.226 e. The van der Waals surface area contributed by atoms with E-state index in [9.17, 15) is 5.11 Å². The average Bonchev–Trinajstić information content (AvgIpc) is 2.67. The smallest absolute Gasteiger partial charge is 0.226 e. The average molecular weight is 372 g/mol. The molecule has 0 amide bonds. The van der Waals surface area contributed by atoms with Gasteiger partial charge in [-0.2, -0.15) is 9.97 Å². The summed E-state index contributed by atoms with van der Waals surface area (Å²) in [4.78, 5) is 12.2. The molecule has 18 radical (unpaired) electrons. The van der Waals surface area contributed by atoms with Crippen molar-refractivity contribution in [2.75, 3.05) is 0 Å². The summed E-state index contributed by atoms with van der Waals surface area (Å²) >= 11 is 6.04. The van der Waals surface area contributed by atoms with Gasteiger partial charge in [0.2, 0.25) is 5.28 Å². The van der Waals surface area contributed by atoms with Crippen LogP contribution in [0.3, 0.4) is 0 Å². The zero-order valence-electron chi connectivity index (χ0n) is 14.9. The Morgan fingerprint density at radius 3 is 1.31 bits per heavy atom. The molecule has 0 aliphatic carbocycles. The Labute approximate surface area is 185 Å². The molecule has 0 saturated carbocycles. The molecular weight excluding hydrogens is 371 g/mol. The summed E-state index contributed by atoms with van der Waals surface area (Å²) in [7, 11) is 53.0. The highest BCUT2D eigenvalue weighted by Gasteiger charge is 2.21. The van der Waals surface area contributed by atoms with Crippen molar-refractivity contribution in [1.82, 2.24) is 15.0 Å². The van der Waals surface area contributed by atoms with E-state index < -0.39 is 5.75 Å². The molecule has 116 valence electrons. The van der Waals surface area contributed by atoms with Crippen molar-refractivity contribution in [1.29, 1.82) is 0 Å². The van der Waals surface area contributed by atoms with Crippen LogP contribution in [0.2, 0.25) is 5.28 Å². The van der Waals surface area contributed by atoms with Crippen molar-refractivity contribution in [2.45, 2.75) is 0 Å². The fourth-order valence-corrected chi connectivity index (χ4v) is 2.87. The van der Waals surface area contributed by atoms with Crippen molar-refractivity contribution >= 4 is 131 Å². The first-order valence-corrected chi connectivity index (χ1v) is 8.23. The van der Waals surface area contributed by atoms with Gasteiger partial charge in [-0.05, 0) is 11.6 Å². The molecule has 0 bridgehead atoms. The van der Waals surface area contributed by atoms with Crippen LogP contribution in [0.5, 0.6) is 5.75 Å². The number of benzene rings is 2. The maximum atomic E-state index is 10.4. The number of aromatic nitrogens is 3. The SMILES string of the molecule is [B]c1c([B])c([B])c(-c2nc(Cl)nc(-c3c([B])c([B])c([B])c([B])c3O)n2)c([B])c1[B]. The highest BCUT2D eigenvalue weighted by molar-refractivity contribution is 6.68. The lowest BCUT2D eigenvalue weighted by atomic mass is 9.60. The van der Waals surface area contributed by atoms with Crippen molar-refractivity contribution < 1.29 is 5.11 Å². The summed E-state index contributed by atoms with van der Waals surface area (Å²) < 4.78 is 0. The highest BCUT2D eigenvalue weighted by atomic mass is 35.5. The first-order valence-electron chi connectivity index (χ1n) is 7.85. The van der Waals surface area contributed by atoms with Crippen LogP contribution in [0.25, 0.3) is 22.8 Å². The fraction of sp³-hybridized carbons (Fsp3) is 0. The maximum absolute atomic E-state index is 10.4. The molecule has 29 heavy (non-hydrogen) atoms. The van der Waals surface area contributed by atoms with Crippen LogP contribution in [0.15, 0.2) is 0 Å². The number of rotatable bonds is 2. The number of phenolic OH excluding ortho intramolecular Hbond substituents is 1. The van der Waals surface area contributed by atoms with Gasteiger partial charge in [-0.1, -0.05) is 21.9 Å². The Morgan fingerprint density at radius 1 is 0.483 bits per heavy atom.